The van der Waals surface area contributed by atoms with Crippen molar-refractivity contribution in [1.29, 1.82) is 10.5 Å². The van der Waals surface area contributed by atoms with Crippen LogP contribution < -0.4 is 9.47 Å². The molecular formula is C21H18BrN5O3. The Bertz CT molecular complexity index is 1220. The van der Waals surface area contributed by atoms with Gasteiger partial charge in [-0.3, -0.25) is 4.79 Å². The van der Waals surface area contributed by atoms with Crippen molar-refractivity contribution in [3.8, 4) is 23.6 Å². The highest BCUT2D eigenvalue weighted by Crippen LogP contribution is 2.37. The van der Waals surface area contributed by atoms with E-state index in [0.717, 1.165) is 17.0 Å². The van der Waals surface area contributed by atoms with Gasteiger partial charge in [-0.25, -0.2) is 9.50 Å². The largest absolute Gasteiger partial charge is 0.490 e. The van der Waals surface area contributed by atoms with Gasteiger partial charge >= 0.3 is 5.97 Å². The summed E-state index contributed by atoms with van der Waals surface area (Å²) >= 11 is 3.34. The van der Waals surface area contributed by atoms with Gasteiger partial charge < -0.3 is 9.47 Å². The zero-order valence-electron chi connectivity index (χ0n) is 16.7. The Morgan fingerprint density at radius 1 is 1.27 bits per heavy atom. The Labute approximate surface area is 181 Å². The number of halogens is 1. The average molecular weight is 468 g/mol. The second kappa shape index (κ2) is 8.93. The normalized spacial score (nSPS) is 10.5. The zero-order chi connectivity index (χ0) is 21.8. The minimum atomic E-state index is -0.446. The van der Waals surface area contributed by atoms with Gasteiger partial charge in [0.15, 0.2) is 17.1 Å². The topological polar surface area (TPSA) is 113 Å². The van der Waals surface area contributed by atoms with Crippen LogP contribution in [0.25, 0.3) is 5.65 Å². The molecule has 0 aliphatic heterocycles. The van der Waals surface area contributed by atoms with Crippen LogP contribution in [0.3, 0.4) is 0 Å². The van der Waals surface area contributed by atoms with E-state index in [-0.39, 0.29) is 12.2 Å². The van der Waals surface area contributed by atoms with E-state index >= 15 is 0 Å². The molecule has 9 heteroatoms. The first kappa shape index (κ1) is 21.3. The molecule has 2 heterocycles. The van der Waals surface area contributed by atoms with E-state index in [0.29, 0.717) is 40.0 Å². The van der Waals surface area contributed by atoms with Crippen LogP contribution in [-0.4, -0.2) is 27.2 Å². The molecule has 0 unspecified atom stereocenters. The van der Waals surface area contributed by atoms with Gasteiger partial charge in [0.05, 0.1) is 35.3 Å². The van der Waals surface area contributed by atoms with Gasteiger partial charge in [0.2, 0.25) is 0 Å². The van der Waals surface area contributed by atoms with Crippen LogP contribution in [0.2, 0.25) is 0 Å². The summed E-state index contributed by atoms with van der Waals surface area (Å²) in [5, 5.41) is 22.5. The second-order valence-electron chi connectivity index (χ2n) is 6.47. The lowest BCUT2D eigenvalue weighted by atomic mass is 10.1. The highest BCUT2D eigenvalue weighted by atomic mass is 79.9. The summed E-state index contributed by atoms with van der Waals surface area (Å²) in [6, 6.07) is 7.22. The zero-order valence-corrected chi connectivity index (χ0v) is 18.3. The highest BCUT2D eigenvalue weighted by molar-refractivity contribution is 9.10. The summed E-state index contributed by atoms with van der Waals surface area (Å²) in [6.07, 6.45) is 1.99. The Balaban J connectivity index is 1.81. The van der Waals surface area contributed by atoms with Crippen LogP contribution in [0.5, 0.6) is 11.5 Å². The van der Waals surface area contributed by atoms with E-state index in [9.17, 15) is 10.1 Å². The molecule has 8 nitrogen and oxygen atoms in total. The molecule has 0 saturated carbocycles. The van der Waals surface area contributed by atoms with E-state index in [4.69, 9.17) is 14.7 Å². The van der Waals surface area contributed by atoms with Gasteiger partial charge in [-0.05, 0) is 54.8 Å². The first-order valence-corrected chi connectivity index (χ1v) is 9.99. The maximum absolute atomic E-state index is 12.5. The van der Waals surface area contributed by atoms with Gasteiger partial charge in [0.1, 0.15) is 11.6 Å². The number of hydrogen-bond acceptors (Lipinski definition) is 7. The molecule has 0 N–H and O–H groups in total. The molecule has 0 radical (unpaired) electrons. The highest BCUT2D eigenvalue weighted by Gasteiger charge is 2.18. The Kier molecular flexibility index (Phi) is 6.34. The van der Waals surface area contributed by atoms with Crippen molar-refractivity contribution in [2.45, 2.75) is 33.6 Å². The fourth-order valence-electron chi connectivity index (χ4n) is 3.14. The van der Waals surface area contributed by atoms with Crippen LogP contribution in [-0.2, 0) is 11.2 Å². The van der Waals surface area contributed by atoms with Crippen molar-refractivity contribution in [3.05, 3.63) is 50.9 Å². The van der Waals surface area contributed by atoms with Gasteiger partial charge in [-0.2, -0.15) is 15.6 Å². The molecule has 0 aliphatic carbocycles. The predicted molar refractivity (Wildman–Crippen MR) is 111 cm³/mol. The Morgan fingerprint density at radius 2 is 2.03 bits per heavy atom. The van der Waals surface area contributed by atoms with Crippen LogP contribution >= 0.6 is 15.9 Å². The van der Waals surface area contributed by atoms with Crippen molar-refractivity contribution in [1.82, 2.24) is 14.6 Å². The van der Waals surface area contributed by atoms with Crippen molar-refractivity contribution in [2.75, 3.05) is 6.61 Å². The van der Waals surface area contributed by atoms with Crippen molar-refractivity contribution < 1.29 is 14.3 Å². The molecular weight excluding hydrogens is 450 g/mol. The number of fused-ring (bicyclic) bond motifs is 1. The third-order valence-corrected chi connectivity index (χ3v) is 5.15. The fraction of sp³-hybridized carbons (Fsp3) is 0.286. The van der Waals surface area contributed by atoms with Gasteiger partial charge in [-0.15, -0.1) is 0 Å². The smallest absolute Gasteiger partial charge is 0.311 e. The van der Waals surface area contributed by atoms with Crippen molar-refractivity contribution >= 4 is 27.5 Å². The SMILES string of the molecule is CCOc1cc(C#N)cc(Br)c1OC(=O)CCc1c(C)nc2c(C#N)cnn2c1C. The van der Waals surface area contributed by atoms with E-state index in [1.807, 2.05) is 19.9 Å². The molecule has 3 aromatic rings. The summed E-state index contributed by atoms with van der Waals surface area (Å²) < 4.78 is 13.1. The lowest BCUT2D eigenvalue weighted by molar-refractivity contribution is -0.134. The number of esters is 1. The maximum atomic E-state index is 12.5. The molecule has 3 rings (SSSR count). The van der Waals surface area contributed by atoms with Crippen molar-refractivity contribution in [2.24, 2.45) is 0 Å². The Hall–Kier alpha value is -3.43. The molecule has 0 aliphatic rings. The summed E-state index contributed by atoms with van der Waals surface area (Å²) in [6.45, 7) is 5.89. The first-order valence-electron chi connectivity index (χ1n) is 9.20. The molecule has 0 spiro atoms. The molecule has 1 aromatic carbocycles. The minimum absolute atomic E-state index is 0.110. The van der Waals surface area contributed by atoms with E-state index in [1.54, 1.807) is 17.5 Å². The molecule has 0 atom stereocenters. The minimum Gasteiger partial charge on any atom is -0.490 e. The number of aryl methyl sites for hydroxylation is 2. The quantitative estimate of drug-likeness (QED) is 0.400. The third kappa shape index (κ3) is 4.12. The lowest BCUT2D eigenvalue weighted by Gasteiger charge is -2.14. The van der Waals surface area contributed by atoms with Crippen LogP contribution in [0, 0.1) is 36.5 Å². The number of benzene rings is 1. The summed E-state index contributed by atoms with van der Waals surface area (Å²) in [5.74, 6) is 0.125. The standard InChI is InChI=1S/C21H18BrN5O3/c1-4-29-18-8-14(9-23)7-17(22)20(18)30-19(28)6-5-16-12(2)26-21-15(10-24)11-25-27(21)13(16)3/h7-8,11H,4-6H2,1-3H3. The molecule has 0 bridgehead atoms. The van der Waals surface area contributed by atoms with Gasteiger partial charge in [0.25, 0.3) is 0 Å². The van der Waals surface area contributed by atoms with Gasteiger partial charge in [0, 0.05) is 17.5 Å². The number of nitrogens with zero attached hydrogens (tertiary/aromatic N) is 5. The molecule has 2 aromatic heterocycles. The number of hydrogen-bond donors (Lipinski definition) is 0. The number of rotatable bonds is 6. The molecule has 0 fully saturated rings. The lowest BCUT2D eigenvalue weighted by Crippen LogP contribution is -2.13. The first-order chi connectivity index (χ1) is 14.4. The summed E-state index contributed by atoms with van der Waals surface area (Å²) in [4.78, 5) is 17.0. The van der Waals surface area contributed by atoms with Crippen LogP contribution in [0.1, 0.15) is 41.4 Å². The monoisotopic (exact) mass is 467 g/mol. The number of nitriles is 2. The number of carbonyl (C=O) groups excluding carboxylic acids is 1. The van der Waals surface area contributed by atoms with Crippen molar-refractivity contribution in [3.63, 3.8) is 0 Å². The second-order valence-corrected chi connectivity index (χ2v) is 7.33. The van der Waals surface area contributed by atoms with Gasteiger partial charge in [-0.1, -0.05) is 0 Å². The van der Waals surface area contributed by atoms with Crippen LogP contribution in [0.4, 0.5) is 0 Å². The fourth-order valence-corrected chi connectivity index (χ4v) is 3.66. The van der Waals surface area contributed by atoms with Crippen LogP contribution in [0.15, 0.2) is 22.8 Å². The Morgan fingerprint density at radius 3 is 2.70 bits per heavy atom. The molecule has 0 amide bonds. The summed E-state index contributed by atoms with van der Waals surface area (Å²) in [5.41, 5.74) is 3.73. The van der Waals surface area contributed by atoms with E-state index in [2.05, 4.69) is 32.1 Å². The molecule has 30 heavy (non-hydrogen) atoms. The number of ether oxygens (including phenoxy) is 2. The molecule has 0 saturated heterocycles. The predicted octanol–water partition coefficient (Wildman–Crippen LogP) is 3.79. The third-order valence-electron chi connectivity index (χ3n) is 4.56. The maximum Gasteiger partial charge on any atom is 0.311 e. The van der Waals surface area contributed by atoms with E-state index in [1.165, 1.54) is 12.3 Å². The van der Waals surface area contributed by atoms with E-state index < -0.39 is 5.97 Å². The number of carbonyl (C=O) groups is 1. The average Bonchev–Trinajstić information content (AvgIpc) is 3.13. The molecule has 152 valence electrons. The summed E-state index contributed by atoms with van der Waals surface area (Å²) in [7, 11) is 0. The number of aromatic nitrogens is 3.